The molecule has 0 radical (unpaired) electrons. The van der Waals surface area contributed by atoms with Crippen molar-refractivity contribution in [3.8, 4) is 0 Å². The van der Waals surface area contributed by atoms with Gasteiger partial charge in [0.15, 0.2) is 5.78 Å². The first-order valence-electron chi connectivity index (χ1n) is 21.1. The number of ketones is 2. The van der Waals surface area contributed by atoms with Crippen LogP contribution >= 0.6 is 0 Å². The number of ether oxygens (including phenoxy) is 5. The van der Waals surface area contributed by atoms with Gasteiger partial charge in [0.05, 0.1) is 57.8 Å². The Labute approximate surface area is 344 Å². The zero-order chi connectivity index (χ0) is 42.9. The molecule has 330 valence electrons. The highest BCUT2D eigenvalue weighted by atomic mass is 16.6. The third kappa shape index (κ3) is 16.3. The number of esters is 1. The summed E-state index contributed by atoms with van der Waals surface area (Å²) in [6.45, 7) is 14.6. The van der Waals surface area contributed by atoms with Crippen LogP contribution in [0.1, 0.15) is 113 Å². The maximum Gasteiger partial charge on any atom is 0.407 e. The normalized spacial score (nSPS) is 25.1. The summed E-state index contributed by atoms with van der Waals surface area (Å²) in [7, 11) is 1.66. The Morgan fingerprint density at radius 2 is 1.52 bits per heavy atom. The summed E-state index contributed by atoms with van der Waals surface area (Å²) in [6, 6.07) is 0. The Morgan fingerprint density at radius 1 is 0.862 bits per heavy atom. The number of nitrogens with one attached hydrogen (secondary N) is 5. The van der Waals surface area contributed by atoms with E-state index in [-0.39, 0.29) is 98.2 Å². The van der Waals surface area contributed by atoms with Crippen molar-refractivity contribution in [2.75, 3.05) is 53.0 Å². The molecule has 0 aromatic heterocycles. The minimum atomic E-state index is -0.520. The van der Waals surface area contributed by atoms with Crippen LogP contribution in [0.3, 0.4) is 0 Å². The molecule has 3 fully saturated rings. The van der Waals surface area contributed by atoms with E-state index >= 15 is 0 Å². The predicted molar refractivity (Wildman–Crippen MR) is 216 cm³/mol. The third-order valence-electron chi connectivity index (χ3n) is 11.4. The first kappa shape index (κ1) is 48.9. The number of unbranched alkanes of at least 4 members (excludes halogenated alkanes) is 4. The molecule has 16 nitrogen and oxygen atoms in total. The Kier molecular flexibility index (Phi) is 20.2. The quantitative estimate of drug-likeness (QED) is 0.0252. The standard InChI is InChI=1S/C42H71N5O11/c1-27(2)15-16-34-41(7,58-34)39-38(54-8)33(17-18-42(39)26-56-42)57-37(52)20-30(28(3)4)25-55-40(53)43-19-13-11-9-10-12-14-31(48)21-46-47-24-36(51)45-23-35(50)44-22-32(49)29(5)6/h15,28-30,33-34,38-39,46-47H,9-14,16-26H2,1-8H3,(H,43,53)(H,44,50)(H,45,51)/t30-,33?,34+,38?,39?,41?,42-/m0/s1. The summed E-state index contributed by atoms with van der Waals surface area (Å²) < 4.78 is 29.9. The van der Waals surface area contributed by atoms with Gasteiger partial charge in [-0.3, -0.25) is 24.0 Å². The van der Waals surface area contributed by atoms with Crippen molar-refractivity contribution in [1.29, 1.82) is 0 Å². The SMILES string of the molecule is COC1C(OC(=O)C[C@@H](COC(=O)NCCCCCCCC(=O)CNNCC(=O)NCC(=O)NCC(=O)C(C)C)C(C)C)CC[C@]2(CO2)C1C1(C)O[C@@H]1CC=C(C)C. The number of Topliss-reactive ketones (excluding diaryl/α,β-unsaturated/α-hetero) is 2. The number of methoxy groups -OCH3 is 1. The maximum absolute atomic E-state index is 13.3. The van der Waals surface area contributed by atoms with Crippen molar-refractivity contribution >= 4 is 35.4 Å². The molecule has 0 aromatic carbocycles. The van der Waals surface area contributed by atoms with E-state index in [1.807, 2.05) is 13.8 Å². The van der Waals surface area contributed by atoms with Crippen molar-refractivity contribution in [2.24, 2.45) is 23.7 Å². The largest absolute Gasteiger partial charge is 0.460 e. The first-order valence-corrected chi connectivity index (χ1v) is 21.1. The van der Waals surface area contributed by atoms with Crippen LogP contribution in [0, 0.1) is 23.7 Å². The second-order valence-electron chi connectivity index (χ2n) is 17.1. The molecule has 7 atom stereocenters. The Bertz CT molecular complexity index is 1410. The fraction of sp³-hybridized carbons (Fsp3) is 0.810. The molecule has 5 N–H and O–H groups in total. The summed E-state index contributed by atoms with van der Waals surface area (Å²) in [5.74, 6) is -1.67. The van der Waals surface area contributed by atoms with Gasteiger partial charge in [0.25, 0.3) is 0 Å². The number of allylic oxidation sites excluding steroid dienone is 1. The number of hydrogen-bond donors (Lipinski definition) is 5. The second-order valence-corrected chi connectivity index (χ2v) is 17.1. The lowest BCUT2D eigenvalue weighted by Crippen LogP contribution is -2.55. The molecule has 0 aromatic rings. The molecule has 3 aliphatic rings. The fourth-order valence-electron chi connectivity index (χ4n) is 7.48. The Hall–Kier alpha value is -3.44. The van der Waals surface area contributed by atoms with Crippen LogP contribution < -0.4 is 26.8 Å². The van der Waals surface area contributed by atoms with Crippen molar-refractivity contribution in [2.45, 2.75) is 142 Å². The summed E-state index contributed by atoms with van der Waals surface area (Å²) in [4.78, 5) is 73.0. The van der Waals surface area contributed by atoms with Crippen molar-refractivity contribution in [3.63, 3.8) is 0 Å². The fourth-order valence-corrected chi connectivity index (χ4v) is 7.48. The molecule has 1 spiro atoms. The van der Waals surface area contributed by atoms with Gasteiger partial charge in [0.2, 0.25) is 11.8 Å². The second kappa shape index (κ2) is 24.0. The van der Waals surface area contributed by atoms with E-state index in [0.29, 0.717) is 26.0 Å². The number of epoxide rings is 2. The molecule has 3 amide bonds. The van der Waals surface area contributed by atoms with E-state index in [4.69, 9.17) is 23.7 Å². The lowest BCUT2D eigenvalue weighted by atomic mass is 9.68. The smallest absolute Gasteiger partial charge is 0.407 e. The number of hydrazine groups is 1. The molecule has 1 saturated carbocycles. The highest BCUT2D eigenvalue weighted by Gasteiger charge is 2.72. The van der Waals surface area contributed by atoms with Crippen LogP contribution in [0.15, 0.2) is 11.6 Å². The number of amides is 3. The van der Waals surface area contributed by atoms with Gasteiger partial charge in [-0.05, 0) is 58.8 Å². The molecular formula is C42H71N5O11. The topological polar surface area (TPSA) is 215 Å². The van der Waals surface area contributed by atoms with Crippen LogP contribution in [0.25, 0.3) is 0 Å². The molecule has 4 unspecified atom stereocenters. The average molecular weight is 822 g/mol. The number of carbonyl (C=O) groups is 6. The van der Waals surface area contributed by atoms with E-state index in [9.17, 15) is 28.8 Å². The van der Waals surface area contributed by atoms with Gasteiger partial charge in [-0.2, -0.15) is 0 Å². The van der Waals surface area contributed by atoms with Crippen molar-refractivity contribution < 1.29 is 52.5 Å². The monoisotopic (exact) mass is 822 g/mol. The predicted octanol–water partition coefficient (Wildman–Crippen LogP) is 3.46. The van der Waals surface area contributed by atoms with Crippen molar-refractivity contribution in [1.82, 2.24) is 26.8 Å². The van der Waals surface area contributed by atoms with E-state index in [1.165, 1.54) is 5.57 Å². The number of hydrogen-bond acceptors (Lipinski definition) is 13. The van der Waals surface area contributed by atoms with Gasteiger partial charge in [0.1, 0.15) is 29.2 Å². The molecule has 1 aliphatic carbocycles. The molecule has 3 rings (SSSR count). The number of rotatable bonds is 28. The van der Waals surface area contributed by atoms with Gasteiger partial charge < -0.3 is 39.6 Å². The number of alkyl carbamates (subject to hydrolysis) is 1. The lowest BCUT2D eigenvalue weighted by molar-refractivity contribution is -0.173. The maximum atomic E-state index is 13.3. The van der Waals surface area contributed by atoms with E-state index < -0.39 is 29.6 Å². The molecule has 2 saturated heterocycles. The van der Waals surface area contributed by atoms with Crippen LogP contribution in [0.4, 0.5) is 4.79 Å². The van der Waals surface area contributed by atoms with E-state index in [1.54, 1.807) is 21.0 Å². The summed E-state index contributed by atoms with van der Waals surface area (Å²) in [6.07, 6.45) is 7.90. The zero-order valence-electron chi connectivity index (χ0n) is 36.1. The highest BCUT2D eigenvalue weighted by molar-refractivity contribution is 5.89. The summed E-state index contributed by atoms with van der Waals surface area (Å²) in [5, 5.41) is 7.68. The molecule has 2 heterocycles. The molecule has 0 bridgehead atoms. The molecule has 58 heavy (non-hydrogen) atoms. The zero-order valence-corrected chi connectivity index (χ0v) is 36.1. The minimum Gasteiger partial charge on any atom is -0.460 e. The van der Waals surface area contributed by atoms with Gasteiger partial charge in [-0.25, -0.2) is 15.6 Å². The Balaban J connectivity index is 1.22. The van der Waals surface area contributed by atoms with Gasteiger partial charge in [0, 0.05) is 31.9 Å². The number of carbonyl (C=O) groups excluding carboxylic acids is 6. The van der Waals surface area contributed by atoms with Crippen LogP contribution in [0.5, 0.6) is 0 Å². The average Bonchev–Trinajstić information content (AvgIpc) is 4.09. The first-order chi connectivity index (χ1) is 27.5. The van der Waals surface area contributed by atoms with Gasteiger partial charge in [-0.1, -0.05) is 58.6 Å². The van der Waals surface area contributed by atoms with Crippen LogP contribution in [-0.2, 0) is 47.7 Å². The van der Waals surface area contributed by atoms with Gasteiger partial charge in [-0.15, -0.1) is 0 Å². The molecular weight excluding hydrogens is 750 g/mol. The molecule has 2 aliphatic heterocycles. The van der Waals surface area contributed by atoms with Crippen molar-refractivity contribution in [3.05, 3.63) is 11.6 Å². The Morgan fingerprint density at radius 3 is 2.17 bits per heavy atom. The van der Waals surface area contributed by atoms with Crippen LogP contribution in [0.2, 0.25) is 0 Å². The van der Waals surface area contributed by atoms with E-state index in [2.05, 4.69) is 53.6 Å². The minimum absolute atomic E-state index is 0.00454. The van der Waals surface area contributed by atoms with Crippen LogP contribution in [-0.4, -0.2) is 118 Å². The van der Waals surface area contributed by atoms with Gasteiger partial charge >= 0.3 is 12.1 Å². The molecule has 16 heteroatoms. The summed E-state index contributed by atoms with van der Waals surface area (Å²) >= 11 is 0. The van der Waals surface area contributed by atoms with E-state index in [0.717, 1.165) is 44.9 Å². The highest BCUT2D eigenvalue weighted by Crippen LogP contribution is 2.59. The third-order valence-corrected chi connectivity index (χ3v) is 11.4. The lowest BCUT2D eigenvalue weighted by Gasteiger charge is -2.42. The summed E-state index contributed by atoms with van der Waals surface area (Å²) in [5.41, 5.74) is 5.90.